The molecule has 2 heteroatoms. The lowest BCUT2D eigenvalue weighted by Crippen LogP contribution is -2.23. The largest absolute Gasteiger partial charge is 0.288 e. The van der Waals surface area contributed by atoms with Gasteiger partial charge in [-0.25, -0.2) is 0 Å². The topological polar surface area (TPSA) is 21.3 Å². The zero-order valence-electron chi connectivity index (χ0n) is 5.58. The summed E-state index contributed by atoms with van der Waals surface area (Å²) in [5.74, 6) is 0.329. The molecule has 52 valence electrons. The highest BCUT2D eigenvalue weighted by atomic mass is 16.7. The summed E-state index contributed by atoms with van der Waals surface area (Å²) in [6.45, 7) is 2.86. The van der Waals surface area contributed by atoms with Crippen LogP contribution in [0.4, 0.5) is 0 Å². The molecule has 1 fully saturated rings. The van der Waals surface area contributed by atoms with Crippen molar-refractivity contribution in [1.29, 1.82) is 0 Å². The van der Waals surface area contributed by atoms with E-state index >= 15 is 0 Å². The number of hydrogen-bond acceptors (Lipinski definition) is 2. The van der Waals surface area contributed by atoms with Crippen LogP contribution in [0, 0.1) is 12.5 Å². The van der Waals surface area contributed by atoms with E-state index in [1.54, 1.807) is 0 Å². The van der Waals surface area contributed by atoms with Gasteiger partial charge in [-0.05, 0) is 6.42 Å². The minimum absolute atomic E-state index is 0.329. The lowest BCUT2D eigenvalue weighted by molar-refractivity contribution is 0.128. The third kappa shape index (κ3) is 1.00. The maximum Gasteiger partial charge on any atom is 0.166 e. The summed E-state index contributed by atoms with van der Waals surface area (Å²) in [7, 11) is 0. The summed E-state index contributed by atoms with van der Waals surface area (Å²) in [5.41, 5.74) is 2.88. The third-order valence-corrected chi connectivity index (χ3v) is 1.79. The van der Waals surface area contributed by atoms with Gasteiger partial charge in [0.15, 0.2) is 6.61 Å². The van der Waals surface area contributed by atoms with E-state index in [1.165, 1.54) is 0 Å². The van der Waals surface area contributed by atoms with Crippen molar-refractivity contribution in [1.82, 2.24) is 5.48 Å². The predicted octanol–water partition coefficient (Wildman–Crippen LogP) is 1.06. The molecule has 10 heavy (non-hydrogen) atoms. The standard InChI is InChI=1S/C8H9NO/c1-2-4-7-6-10-9-8(7)5-3-1/h1-4,7-9H,5H2. The summed E-state index contributed by atoms with van der Waals surface area (Å²) in [4.78, 5) is 4.86. The Labute approximate surface area is 60.5 Å². The highest BCUT2D eigenvalue weighted by molar-refractivity contribution is 5.13. The minimum Gasteiger partial charge on any atom is -0.288 e. The van der Waals surface area contributed by atoms with Crippen LogP contribution in [-0.2, 0) is 4.84 Å². The molecule has 1 N–H and O–H groups in total. The van der Waals surface area contributed by atoms with Crippen molar-refractivity contribution in [3.05, 3.63) is 30.9 Å². The molecule has 1 aliphatic carbocycles. The molecule has 2 aliphatic rings. The van der Waals surface area contributed by atoms with Gasteiger partial charge in [0.25, 0.3) is 0 Å². The predicted molar refractivity (Wildman–Crippen MR) is 37.6 cm³/mol. The van der Waals surface area contributed by atoms with Crippen LogP contribution in [0.2, 0.25) is 0 Å². The molecule has 1 saturated heterocycles. The monoisotopic (exact) mass is 135 g/mol. The van der Waals surface area contributed by atoms with E-state index in [-0.39, 0.29) is 0 Å². The quantitative estimate of drug-likeness (QED) is 0.536. The first-order valence-electron chi connectivity index (χ1n) is 3.47. The Morgan fingerprint density at radius 3 is 3.50 bits per heavy atom. The molecule has 0 aromatic heterocycles. The van der Waals surface area contributed by atoms with Gasteiger partial charge in [0.1, 0.15) is 0 Å². The van der Waals surface area contributed by atoms with Crippen molar-refractivity contribution in [3.63, 3.8) is 0 Å². The van der Waals surface area contributed by atoms with Crippen LogP contribution in [0.1, 0.15) is 6.42 Å². The van der Waals surface area contributed by atoms with Crippen LogP contribution in [0.25, 0.3) is 0 Å². The summed E-state index contributed by atoms with van der Waals surface area (Å²) >= 11 is 0. The molecule has 0 aromatic carbocycles. The van der Waals surface area contributed by atoms with E-state index in [1.807, 2.05) is 6.08 Å². The van der Waals surface area contributed by atoms with Gasteiger partial charge in [0.05, 0.1) is 0 Å². The molecule has 2 radical (unpaired) electrons. The lowest BCUT2D eigenvalue weighted by Gasteiger charge is -2.07. The molecule has 2 unspecified atom stereocenters. The molecule has 0 spiro atoms. The fraction of sp³-hybridized carbons (Fsp3) is 0.375. The molecule has 0 amide bonds. The van der Waals surface area contributed by atoms with Crippen molar-refractivity contribution >= 4 is 0 Å². The van der Waals surface area contributed by atoms with Crippen molar-refractivity contribution in [2.75, 3.05) is 0 Å². The van der Waals surface area contributed by atoms with Crippen LogP contribution in [-0.4, -0.2) is 6.04 Å². The summed E-state index contributed by atoms with van der Waals surface area (Å²) in [6.07, 6.45) is 9.33. The van der Waals surface area contributed by atoms with Gasteiger partial charge >= 0.3 is 0 Å². The fourth-order valence-corrected chi connectivity index (χ4v) is 1.19. The van der Waals surface area contributed by atoms with E-state index in [4.69, 9.17) is 4.84 Å². The van der Waals surface area contributed by atoms with E-state index in [0.717, 1.165) is 6.42 Å². The molecular weight excluding hydrogens is 126 g/mol. The number of hydrogen-bond donors (Lipinski definition) is 1. The minimum atomic E-state index is 0.329. The lowest BCUT2D eigenvalue weighted by atomic mass is 10.0. The molecule has 2 atom stereocenters. The summed E-state index contributed by atoms with van der Waals surface area (Å²) < 4.78 is 0. The molecule has 2 rings (SSSR count). The van der Waals surface area contributed by atoms with Crippen LogP contribution < -0.4 is 5.48 Å². The van der Waals surface area contributed by atoms with Crippen LogP contribution in [0.5, 0.6) is 0 Å². The van der Waals surface area contributed by atoms with E-state index < -0.39 is 0 Å². The van der Waals surface area contributed by atoms with Gasteiger partial charge in [0, 0.05) is 12.0 Å². The third-order valence-electron chi connectivity index (χ3n) is 1.79. The Hall–Kier alpha value is -0.600. The molecule has 0 bridgehead atoms. The second-order valence-electron chi connectivity index (χ2n) is 2.52. The van der Waals surface area contributed by atoms with Gasteiger partial charge in [-0.3, -0.25) is 4.84 Å². The Morgan fingerprint density at radius 2 is 2.50 bits per heavy atom. The van der Waals surface area contributed by atoms with Crippen LogP contribution in [0.3, 0.4) is 0 Å². The molecule has 2 nitrogen and oxygen atoms in total. The molecule has 1 heterocycles. The normalized spacial score (nSPS) is 37.6. The molecule has 0 aromatic rings. The van der Waals surface area contributed by atoms with Gasteiger partial charge in [-0.1, -0.05) is 24.3 Å². The average Bonchev–Trinajstić information content (AvgIpc) is 2.28. The van der Waals surface area contributed by atoms with Crippen molar-refractivity contribution in [2.24, 2.45) is 5.92 Å². The Kier molecular flexibility index (Phi) is 1.57. The van der Waals surface area contributed by atoms with Gasteiger partial charge in [-0.15, -0.1) is 0 Å². The average molecular weight is 135 g/mol. The van der Waals surface area contributed by atoms with E-state index in [0.29, 0.717) is 12.0 Å². The highest BCUT2D eigenvalue weighted by Gasteiger charge is 2.26. The number of nitrogens with one attached hydrogen (secondary N) is 1. The second-order valence-corrected chi connectivity index (χ2v) is 2.52. The number of rotatable bonds is 0. The van der Waals surface area contributed by atoms with Crippen LogP contribution >= 0.6 is 0 Å². The van der Waals surface area contributed by atoms with E-state index in [9.17, 15) is 0 Å². The molecular formula is C8H9NO. The number of allylic oxidation sites excluding steroid dienone is 2. The number of hydroxylamine groups is 1. The highest BCUT2D eigenvalue weighted by Crippen LogP contribution is 2.21. The Balaban J connectivity index is 2.12. The Bertz CT molecular complexity index is 174. The Morgan fingerprint density at radius 1 is 1.50 bits per heavy atom. The zero-order valence-corrected chi connectivity index (χ0v) is 5.58. The maximum atomic E-state index is 4.86. The second kappa shape index (κ2) is 2.56. The first-order chi connectivity index (χ1) is 4.97. The maximum absolute atomic E-state index is 4.86. The van der Waals surface area contributed by atoms with Crippen molar-refractivity contribution in [3.8, 4) is 0 Å². The number of fused-ring (bicyclic) bond motifs is 1. The van der Waals surface area contributed by atoms with Gasteiger partial charge in [0.2, 0.25) is 0 Å². The zero-order chi connectivity index (χ0) is 6.81. The first-order valence-corrected chi connectivity index (χ1v) is 3.47. The van der Waals surface area contributed by atoms with Gasteiger partial charge in [-0.2, -0.15) is 5.48 Å². The smallest absolute Gasteiger partial charge is 0.166 e. The first kappa shape index (κ1) is 6.13. The molecule has 1 aliphatic heterocycles. The fourth-order valence-electron chi connectivity index (χ4n) is 1.19. The van der Waals surface area contributed by atoms with Crippen molar-refractivity contribution in [2.45, 2.75) is 12.5 Å². The van der Waals surface area contributed by atoms with E-state index in [2.05, 4.69) is 30.3 Å². The molecule has 0 saturated carbocycles. The van der Waals surface area contributed by atoms with Crippen LogP contribution in [0.15, 0.2) is 24.3 Å². The summed E-state index contributed by atoms with van der Waals surface area (Å²) in [5, 5.41) is 0. The van der Waals surface area contributed by atoms with Crippen molar-refractivity contribution < 1.29 is 4.84 Å². The van der Waals surface area contributed by atoms with Gasteiger partial charge < -0.3 is 0 Å². The SMILES string of the molecule is [C]1ONC2CC=CC=CC12. The summed E-state index contributed by atoms with van der Waals surface area (Å²) in [6, 6.07) is 0.398.